The SMILES string of the molecule is CC(N)c1nc(C(=O)N(C)C2CCCC2)cs1. The van der Waals surface area contributed by atoms with Crippen LogP contribution in [0.5, 0.6) is 0 Å². The fraction of sp³-hybridized carbons (Fsp3) is 0.667. The molecule has 1 aliphatic carbocycles. The summed E-state index contributed by atoms with van der Waals surface area (Å²) in [4.78, 5) is 18.3. The van der Waals surface area contributed by atoms with Crippen molar-refractivity contribution in [2.24, 2.45) is 5.73 Å². The highest BCUT2D eigenvalue weighted by atomic mass is 32.1. The van der Waals surface area contributed by atoms with Gasteiger partial charge < -0.3 is 10.6 Å². The second kappa shape index (κ2) is 5.14. The lowest BCUT2D eigenvalue weighted by atomic mass is 10.2. The Morgan fingerprint density at radius 1 is 1.59 bits per heavy atom. The van der Waals surface area contributed by atoms with Crippen molar-refractivity contribution in [2.45, 2.75) is 44.7 Å². The van der Waals surface area contributed by atoms with E-state index in [1.165, 1.54) is 24.2 Å². The van der Waals surface area contributed by atoms with Crippen molar-refractivity contribution in [3.63, 3.8) is 0 Å². The van der Waals surface area contributed by atoms with Crippen molar-refractivity contribution >= 4 is 17.2 Å². The maximum atomic E-state index is 12.2. The van der Waals surface area contributed by atoms with Crippen molar-refractivity contribution in [1.29, 1.82) is 0 Å². The van der Waals surface area contributed by atoms with E-state index in [1.807, 2.05) is 24.3 Å². The molecule has 2 N–H and O–H groups in total. The predicted molar refractivity (Wildman–Crippen MR) is 69.1 cm³/mol. The molecule has 1 amide bonds. The molecule has 0 spiro atoms. The molecule has 1 unspecified atom stereocenters. The number of nitrogens with zero attached hydrogens (tertiary/aromatic N) is 2. The average Bonchev–Trinajstić information content (AvgIpc) is 2.97. The largest absolute Gasteiger partial charge is 0.337 e. The number of nitrogens with two attached hydrogens (primary N) is 1. The van der Waals surface area contributed by atoms with Gasteiger partial charge in [0.25, 0.3) is 5.91 Å². The first-order chi connectivity index (χ1) is 8.09. The molecule has 5 heteroatoms. The molecule has 94 valence electrons. The molecule has 1 heterocycles. The van der Waals surface area contributed by atoms with Crippen molar-refractivity contribution in [3.05, 3.63) is 16.1 Å². The number of hydrogen-bond donors (Lipinski definition) is 1. The van der Waals surface area contributed by atoms with Gasteiger partial charge in [-0.2, -0.15) is 0 Å². The van der Waals surface area contributed by atoms with Crippen molar-refractivity contribution < 1.29 is 4.79 Å². The third kappa shape index (κ3) is 2.66. The van der Waals surface area contributed by atoms with E-state index < -0.39 is 0 Å². The van der Waals surface area contributed by atoms with E-state index in [-0.39, 0.29) is 11.9 Å². The van der Waals surface area contributed by atoms with E-state index in [0.29, 0.717) is 11.7 Å². The van der Waals surface area contributed by atoms with Crippen LogP contribution in [0, 0.1) is 0 Å². The standard InChI is InChI=1S/C12H19N3OS/c1-8(13)11-14-10(7-17-11)12(16)15(2)9-5-3-4-6-9/h7-9H,3-6,13H2,1-2H3. The molecule has 0 radical (unpaired) electrons. The normalized spacial score (nSPS) is 18.3. The Bertz CT molecular complexity index is 396. The lowest BCUT2D eigenvalue weighted by Crippen LogP contribution is -2.35. The van der Waals surface area contributed by atoms with Crippen LogP contribution in [0.3, 0.4) is 0 Å². The highest BCUT2D eigenvalue weighted by molar-refractivity contribution is 7.09. The lowest BCUT2D eigenvalue weighted by Gasteiger charge is -2.23. The molecule has 1 fully saturated rings. The summed E-state index contributed by atoms with van der Waals surface area (Å²) in [6.07, 6.45) is 4.69. The third-order valence-electron chi connectivity index (χ3n) is 3.32. The molecule has 17 heavy (non-hydrogen) atoms. The molecule has 4 nitrogen and oxygen atoms in total. The zero-order valence-electron chi connectivity index (χ0n) is 10.3. The second-order valence-corrected chi connectivity index (χ2v) is 5.60. The van der Waals surface area contributed by atoms with Crippen LogP contribution in [0.4, 0.5) is 0 Å². The van der Waals surface area contributed by atoms with Gasteiger partial charge in [-0.25, -0.2) is 4.98 Å². The van der Waals surface area contributed by atoms with Gasteiger partial charge in [0.2, 0.25) is 0 Å². The Kier molecular flexibility index (Phi) is 3.79. The average molecular weight is 253 g/mol. The topological polar surface area (TPSA) is 59.2 Å². The summed E-state index contributed by atoms with van der Waals surface area (Å²) in [5, 5.41) is 2.64. The van der Waals surface area contributed by atoms with Gasteiger partial charge in [0.05, 0.1) is 6.04 Å². The maximum absolute atomic E-state index is 12.2. The molecule has 0 aliphatic heterocycles. The summed E-state index contributed by atoms with van der Waals surface area (Å²) in [6, 6.07) is 0.293. The quantitative estimate of drug-likeness (QED) is 0.898. The summed E-state index contributed by atoms with van der Waals surface area (Å²) < 4.78 is 0. The van der Waals surface area contributed by atoms with Gasteiger partial charge in [0.1, 0.15) is 10.7 Å². The van der Waals surface area contributed by atoms with E-state index >= 15 is 0 Å². The third-order valence-corrected chi connectivity index (χ3v) is 4.37. The Morgan fingerprint density at radius 2 is 2.24 bits per heavy atom. The van der Waals surface area contributed by atoms with Crippen LogP contribution in [0.25, 0.3) is 0 Å². The summed E-state index contributed by atoms with van der Waals surface area (Å²) in [5.41, 5.74) is 6.29. The molecule has 2 rings (SSSR count). The van der Waals surface area contributed by atoms with Crippen LogP contribution in [-0.4, -0.2) is 28.9 Å². The highest BCUT2D eigenvalue weighted by Crippen LogP contribution is 2.24. The summed E-state index contributed by atoms with van der Waals surface area (Å²) in [6.45, 7) is 1.88. The minimum absolute atomic E-state index is 0.0278. The fourth-order valence-corrected chi connectivity index (χ4v) is 2.98. The molecule has 0 aromatic carbocycles. The van der Waals surface area contributed by atoms with Crippen LogP contribution >= 0.6 is 11.3 Å². The maximum Gasteiger partial charge on any atom is 0.273 e. The van der Waals surface area contributed by atoms with Gasteiger partial charge in [-0.1, -0.05) is 12.8 Å². The van der Waals surface area contributed by atoms with Gasteiger partial charge in [0.15, 0.2) is 0 Å². The van der Waals surface area contributed by atoms with Gasteiger partial charge in [-0.3, -0.25) is 4.79 Å². The van der Waals surface area contributed by atoms with Crippen LogP contribution in [-0.2, 0) is 0 Å². The van der Waals surface area contributed by atoms with E-state index in [1.54, 1.807) is 0 Å². The number of carbonyl (C=O) groups excluding carboxylic acids is 1. The number of aromatic nitrogens is 1. The molecule has 1 aliphatic rings. The summed E-state index contributed by atoms with van der Waals surface area (Å²) >= 11 is 1.46. The molecular weight excluding hydrogens is 234 g/mol. The highest BCUT2D eigenvalue weighted by Gasteiger charge is 2.25. The zero-order valence-corrected chi connectivity index (χ0v) is 11.2. The van der Waals surface area contributed by atoms with E-state index in [4.69, 9.17) is 5.73 Å². The molecule has 0 saturated heterocycles. The number of hydrogen-bond acceptors (Lipinski definition) is 4. The Labute approximate surface area is 106 Å². The minimum atomic E-state index is -0.0988. The lowest BCUT2D eigenvalue weighted by molar-refractivity contribution is 0.0730. The Morgan fingerprint density at radius 3 is 2.76 bits per heavy atom. The molecule has 1 saturated carbocycles. The number of thiazole rings is 1. The molecule has 1 aromatic rings. The zero-order chi connectivity index (χ0) is 12.4. The first-order valence-electron chi connectivity index (χ1n) is 6.07. The Balaban J connectivity index is 2.07. The van der Waals surface area contributed by atoms with Gasteiger partial charge in [0, 0.05) is 18.5 Å². The fourth-order valence-electron chi connectivity index (χ4n) is 2.23. The first-order valence-corrected chi connectivity index (χ1v) is 6.95. The van der Waals surface area contributed by atoms with Crippen LogP contribution < -0.4 is 5.73 Å². The van der Waals surface area contributed by atoms with Gasteiger partial charge in [-0.15, -0.1) is 11.3 Å². The van der Waals surface area contributed by atoms with E-state index in [2.05, 4.69) is 4.98 Å². The van der Waals surface area contributed by atoms with Crippen LogP contribution in [0.1, 0.15) is 54.1 Å². The van der Waals surface area contributed by atoms with E-state index in [9.17, 15) is 4.79 Å². The first kappa shape index (κ1) is 12.5. The van der Waals surface area contributed by atoms with Crippen molar-refractivity contribution in [1.82, 2.24) is 9.88 Å². The van der Waals surface area contributed by atoms with Crippen molar-refractivity contribution in [3.8, 4) is 0 Å². The monoisotopic (exact) mass is 253 g/mol. The molecule has 1 aromatic heterocycles. The molecule has 1 atom stereocenters. The van der Waals surface area contributed by atoms with E-state index in [0.717, 1.165) is 17.8 Å². The minimum Gasteiger partial charge on any atom is -0.337 e. The van der Waals surface area contributed by atoms with Gasteiger partial charge in [-0.05, 0) is 19.8 Å². The Hall–Kier alpha value is -0.940. The van der Waals surface area contributed by atoms with Crippen molar-refractivity contribution in [2.75, 3.05) is 7.05 Å². The summed E-state index contributed by atoms with van der Waals surface area (Å²) in [7, 11) is 1.88. The predicted octanol–water partition coefficient (Wildman–Crippen LogP) is 2.18. The molecular formula is C12H19N3OS. The van der Waals surface area contributed by atoms with Crippen LogP contribution in [0.15, 0.2) is 5.38 Å². The summed E-state index contributed by atoms with van der Waals surface area (Å²) in [5.74, 6) is 0.0278. The number of carbonyl (C=O) groups is 1. The van der Waals surface area contributed by atoms with Crippen LogP contribution in [0.2, 0.25) is 0 Å². The second-order valence-electron chi connectivity index (χ2n) is 4.71. The number of rotatable bonds is 3. The smallest absolute Gasteiger partial charge is 0.273 e. The van der Waals surface area contributed by atoms with Gasteiger partial charge >= 0.3 is 0 Å². The molecule has 0 bridgehead atoms. The number of amides is 1.